The van der Waals surface area contributed by atoms with Gasteiger partial charge in [0.15, 0.2) is 0 Å². The number of ether oxygens (including phenoxy) is 1. The number of nitrogens with one attached hydrogen (secondary N) is 1. The molecule has 2 unspecified atom stereocenters. The standard InChI is InChI=1S/C11H22N2O3/c1-5-6-11(3,12)10(15)13-7-8(2)9(14)16-4/h8H,5-7,12H2,1-4H3,(H,13,15). The summed E-state index contributed by atoms with van der Waals surface area (Å²) in [5.74, 6) is -0.925. The van der Waals surface area contributed by atoms with Crippen molar-refractivity contribution >= 4 is 11.9 Å². The van der Waals surface area contributed by atoms with Gasteiger partial charge < -0.3 is 15.8 Å². The lowest BCUT2D eigenvalue weighted by Crippen LogP contribution is -2.52. The van der Waals surface area contributed by atoms with Crippen molar-refractivity contribution in [3.63, 3.8) is 0 Å². The topological polar surface area (TPSA) is 81.4 Å². The van der Waals surface area contributed by atoms with Gasteiger partial charge in [0, 0.05) is 6.54 Å². The lowest BCUT2D eigenvalue weighted by atomic mass is 9.96. The van der Waals surface area contributed by atoms with Crippen LogP contribution in [0.1, 0.15) is 33.6 Å². The Kier molecular flexibility index (Phi) is 6.03. The summed E-state index contributed by atoms with van der Waals surface area (Å²) in [4.78, 5) is 22.8. The van der Waals surface area contributed by atoms with Gasteiger partial charge in [-0.3, -0.25) is 9.59 Å². The Morgan fingerprint density at radius 1 is 1.50 bits per heavy atom. The first-order valence-electron chi connectivity index (χ1n) is 5.50. The molecular weight excluding hydrogens is 208 g/mol. The monoisotopic (exact) mass is 230 g/mol. The first-order chi connectivity index (χ1) is 7.35. The first kappa shape index (κ1) is 14.9. The van der Waals surface area contributed by atoms with Crippen LogP contribution in [0.3, 0.4) is 0 Å². The first-order valence-corrected chi connectivity index (χ1v) is 5.50. The maximum absolute atomic E-state index is 11.7. The zero-order valence-corrected chi connectivity index (χ0v) is 10.5. The largest absolute Gasteiger partial charge is 0.469 e. The minimum atomic E-state index is -0.870. The van der Waals surface area contributed by atoms with Gasteiger partial charge >= 0.3 is 5.97 Å². The Morgan fingerprint density at radius 2 is 2.06 bits per heavy atom. The van der Waals surface area contributed by atoms with Crippen molar-refractivity contribution in [2.75, 3.05) is 13.7 Å². The number of hydrogen-bond donors (Lipinski definition) is 2. The highest BCUT2D eigenvalue weighted by molar-refractivity contribution is 5.86. The van der Waals surface area contributed by atoms with Crippen molar-refractivity contribution < 1.29 is 14.3 Å². The second kappa shape index (κ2) is 6.48. The summed E-state index contributed by atoms with van der Waals surface area (Å²) >= 11 is 0. The lowest BCUT2D eigenvalue weighted by molar-refractivity contribution is -0.144. The van der Waals surface area contributed by atoms with Crippen LogP contribution in [0, 0.1) is 5.92 Å². The van der Waals surface area contributed by atoms with Gasteiger partial charge in [0.1, 0.15) is 0 Å². The Morgan fingerprint density at radius 3 is 2.50 bits per heavy atom. The molecule has 5 nitrogen and oxygen atoms in total. The Labute approximate surface area is 96.7 Å². The van der Waals surface area contributed by atoms with Crippen LogP contribution < -0.4 is 11.1 Å². The highest BCUT2D eigenvalue weighted by atomic mass is 16.5. The smallest absolute Gasteiger partial charge is 0.310 e. The van der Waals surface area contributed by atoms with Gasteiger partial charge in [0.25, 0.3) is 0 Å². The van der Waals surface area contributed by atoms with Crippen LogP contribution in [0.4, 0.5) is 0 Å². The normalized spacial score (nSPS) is 16.1. The molecule has 0 fully saturated rings. The number of carbonyl (C=O) groups is 2. The molecule has 3 N–H and O–H groups in total. The van der Waals surface area contributed by atoms with E-state index in [0.29, 0.717) is 6.42 Å². The molecule has 2 atom stereocenters. The zero-order chi connectivity index (χ0) is 12.8. The van der Waals surface area contributed by atoms with Gasteiger partial charge in [0.2, 0.25) is 5.91 Å². The van der Waals surface area contributed by atoms with E-state index >= 15 is 0 Å². The fourth-order valence-corrected chi connectivity index (χ4v) is 1.37. The number of esters is 1. The van der Waals surface area contributed by atoms with Gasteiger partial charge in [-0.1, -0.05) is 20.3 Å². The second-order valence-corrected chi connectivity index (χ2v) is 4.30. The van der Waals surface area contributed by atoms with Gasteiger partial charge in [0.05, 0.1) is 18.6 Å². The van der Waals surface area contributed by atoms with Crippen LogP contribution in [0.15, 0.2) is 0 Å². The van der Waals surface area contributed by atoms with Crippen molar-refractivity contribution in [2.24, 2.45) is 11.7 Å². The number of nitrogens with two attached hydrogens (primary N) is 1. The highest BCUT2D eigenvalue weighted by Gasteiger charge is 2.27. The third-order valence-corrected chi connectivity index (χ3v) is 2.46. The summed E-state index contributed by atoms with van der Waals surface area (Å²) in [5, 5.41) is 2.66. The van der Waals surface area contributed by atoms with E-state index in [1.807, 2.05) is 6.92 Å². The van der Waals surface area contributed by atoms with E-state index in [1.165, 1.54) is 7.11 Å². The zero-order valence-electron chi connectivity index (χ0n) is 10.5. The van der Waals surface area contributed by atoms with E-state index in [1.54, 1.807) is 13.8 Å². The quantitative estimate of drug-likeness (QED) is 0.648. The van der Waals surface area contributed by atoms with Crippen molar-refractivity contribution in [1.82, 2.24) is 5.32 Å². The van der Waals surface area contributed by atoms with Crippen molar-refractivity contribution in [1.29, 1.82) is 0 Å². The van der Waals surface area contributed by atoms with E-state index in [0.717, 1.165) is 6.42 Å². The summed E-state index contributed by atoms with van der Waals surface area (Å²) in [6.45, 7) is 5.60. The highest BCUT2D eigenvalue weighted by Crippen LogP contribution is 2.08. The molecule has 16 heavy (non-hydrogen) atoms. The van der Waals surface area contributed by atoms with Crippen LogP contribution in [-0.2, 0) is 14.3 Å². The number of hydrogen-bond acceptors (Lipinski definition) is 4. The number of amides is 1. The third-order valence-electron chi connectivity index (χ3n) is 2.46. The molecule has 0 aromatic carbocycles. The van der Waals surface area contributed by atoms with Crippen LogP contribution in [0.5, 0.6) is 0 Å². The molecular formula is C11H22N2O3. The van der Waals surface area contributed by atoms with E-state index in [4.69, 9.17) is 5.73 Å². The van der Waals surface area contributed by atoms with E-state index in [-0.39, 0.29) is 24.3 Å². The SMILES string of the molecule is CCCC(C)(N)C(=O)NCC(C)C(=O)OC. The second-order valence-electron chi connectivity index (χ2n) is 4.30. The van der Waals surface area contributed by atoms with Gasteiger partial charge in [-0.15, -0.1) is 0 Å². The molecule has 0 aromatic rings. The molecule has 1 amide bonds. The van der Waals surface area contributed by atoms with Gasteiger partial charge in [-0.05, 0) is 13.3 Å². The fraction of sp³-hybridized carbons (Fsp3) is 0.818. The predicted octanol–water partition coefficient (Wildman–Crippen LogP) is 0.429. The van der Waals surface area contributed by atoms with E-state index in [2.05, 4.69) is 10.1 Å². The van der Waals surface area contributed by atoms with Gasteiger partial charge in [-0.2, -0.15) is 0 Å². The molecule has 0 radical (unpaired) electrons. The van der Waals surface area contributed by atoms with Crippen molar-refractivity contribution in [3.8, 4) is 0 Å². The molecule has 0 saturated heterocycles. The summed E-state index contributed by atoms with van der Waals surface area (Å²) in [6.07, 6.45) is 1.46. The van der Waals surface area contributed by atoms with Crippen LogP contribution in [-0.4, -0.2) is 31.1 Å². The van der Waals surface area contributed by atoms with Crippen molar-refractivity contribution in [3.05, 3.63) is 0 Å². The molecule has 0 aromatic heterocycles. The molecule has 0 spiro atoms. The fourth-order valence-electron chi connectivity index (χ4n) is 1.37. The Balaban J connectivity index is 4.11. The number of methoxy groups -OCH3 is 1. The summed E-state index contributed by atoms with van der Waals surface area (Å²) in [6, 6.07) is 0. The third kappa shape index (κ3) is 4.61. The van der Waals surface area contributed by atoms with Crippen LogP contribution in [0.25, 0.3) is 0 Å². The van der Waals surface area contributed by atoms with E-state index < -0.39 is 5.54 Å². The minimum absolute atomic E-state index is 0.231. The predicted molar refractivity (Wildman–Crippen MR) is 61.7 cm³/mol. The molecule has 0 heterocycles. The average molecular weight is 230 g/mol. The maximum atomic E-state index is 11.7. The molecule has 0 aliphatic carbocycles. The van der Waals surface area contributed by atoms with E-state index in [9.17, 15) is 9.59 Å². The van der Waals surface area contributed by atoms with Gasteiger partial charge in [-0.25, -0.2) is 0 Å². The average Bonchev–Trinajstić information content (AvgIpc) is 2.23. The molecule has 94 valence electrons. The van der Waals surface area contributed by atoms with Crippen molar-refractivity contribution in [2.45, 2.75) is 39.2 Å². The summed E-state index contributed by atoms with van der Waals surface area (Å²) < 4.78 is 4.56. The lowest BCUT2D eigenvalue weighted by Gasteiger charge is -2.23. The molecule has 0 bridgehead atoms. The van der Waals surface area contributed by atoms with Crippen LogP contribution in [0.2, 0.25) is 0 Å². The molecule has 0 rings (SSSR count). The Hall–Kier alpha value is -1.10. The molecule has 0 saturated carbocycles. The summed E-state index contributed by atoms with van der Waals surface area (Å²) in [7, 11) is 1.32. The number of rotatable bonds is 6. The minimum Gasteiger partial charge on any atom is -0.469 e. The molecule has 5 heteroatoms. The maximum Gasteiger partial charge on any atom is 0.310 e. The number of carbonyl (C=O) groups excluding carboxylic acids is 2. The van der Waals surface area contributed by atoms with Crippen LogP contribution >= 0.6 is 0 Å². The Bertz CT molecular complexity index is 252. The summed E-state index contributed by atoms with van der Waals surface area (Å²) in [5.41, 5.74) is 4.97. The molecule has 0 aliphatic heterocycles. The molecule has 0 aliphatic rings.